The molecule has 0 amide bonds. The van der Waals surface area contributed by atoms with Gasteiger partial charge < -0.3 is 15.2 Å². The van der Waals surface area contributed by atoms with Crippen LogP contribution >= 0.6 is 0 Å². The zero-order valence-corrected chi connectivity index (χ0v) is 22.4. The lowest BCUT2D eigenvalue weighted by Gasteiger charge is -2.51. The van der Waals surface area contributed by atoms with E-state index in [0.717, 1.165) is 59.7 Å². The lowest BCUT2D eigenvalue weighted by molar-refractivity contribution is -0.144. The third-order valence-electron chi connectivity index (χ3n) is 8.39. The molecule has 0 atom stereocenters. The zero-order chi connectivity index (χ0) is 26.6. The van der Waals surface area contributed by atoms with Crippen LogP contribution in [0.4, 0.5) is 5.82 Å². The Morgan fingerprint density at radius 2 is 1.77 bits per heavy atom. The Morgan fingerprint density at radius 1 is 0.974 bits per heavy atom. The highest BCUT2D eigenvalue weighted by Crippen LogP contribution is 2.41. The number of rotatable bonds is 5. The van der Waals surface area contributed by atoms with E-state index in [1.54, 1.807) is 0 Å². The summed E-state index contributed by atoms with van der Waals surface area (Å²) in [5.41, 5.74) is 11.7. The van der Waals surface area contributed by atoms with Gasteiger partial charge in [-0.05, 0) is 36.6 Å². The molecule has 204 valence electrons. The van der Waals surface area contributed by atoms with Crippen LogP contribution in [0.2, 0.25) is 0 Å². The number of nitrogens with two attached hydrogens (primary N) is 1. The van der Waals surface area contributed by atoms with Crippen LogP contribution in [0.5, 0.6) is 0 Å². The second-order valence-corrected chi connectivity index (χ2v) is 12.9. The molecule has 39 heavy (non-hydrogen) atoms. The molecule has 3 fully saturated rings. The molecule has 3 aliphatic heterocycles. The van der Waals surface area contributed by atoms with Crippen LogP contribution in [0.15, 0.2) is 48.9 Å². The van der Waals surface area contributed by atoms with E-state index in [2.05, 4.69) is 49.0 Å². The maximum Gasteiger partial charge on any atom is 0.152 e. The van der Waals surface area contributed by atoms with E-state index in [0.29, 0.717) is 32.1 Å². The first-order chi connectivity index (χ1) is 19.0. The van der Waals surface area contributed by atoms with Gasteiger partial charge in [0, 0.05) is 43.6 Å². The topological polar surface area (TPSA) is 130 Å². The molecule has 0 bridgehead atoms. The molecule has 0 radical (unpaired) electrons. The Balaban J connectivity index is 1.31. The minimum absolute atomic E-state index is 0.179. The molecule has 0 aliphatic carbocycles. The summed E-state index contributed by atoms with van der Waals surface area (Å²) in [7, 11) is -2.98. The van der Waals surface area contributed by atoms with Crippen molar-refractivity contribution in [3.63, 3.8) is 0 Å². The number of nitrogen functional groups attached to an aromatic ring is 1. The van der Waals surface area contributed by atoms with E-state index < -0.39 is 9.84 Å². The highest BCUT2D eigenvalue weighted by molar-refractivity contribution is 7.91. The predicted molar refractivity (Wildman–Crippen MR) is 146 cm³/mol. The summed E-state index contributed by atoms with van der Waals surface area (Å²) < 4.78 is 39.4. The maximum atomic E-state index is 12.1. The molecule has 12 heteroatoms. The van der Waals surface area contributed by atoms with Crippen molar-refractivity contribution in [2.75, 3.05) is 56.8 Å². The normalized spacial score (nSPS) is 21.6. The van der Waals surface area contributed by atoms with Crippen molar-refractivity contribution >= 4 is 21.2 Å². The summed E-state index contributed by atoms with van der Waals surface area (Å²) >= 11 is 0. The maximum absolute atomic E-state index is 12.1. The standard InChI is InChI=1S/C27H31N7O4S/c28-26-25-22(23-4-7-30-33(23)21-5-10-37-11-6-21)15-24(34(25)31-18-29-26)19-2-1-3-20(14-19)27(16-38-17-27)32-8-12-39(35,36)13-9-32/h1-4,7,14-15,18,21H,5-6,8-13,16-17H2,(H2,28,29,31). The molecule has 11 nitrogen and oxygen atoms in total. The SMILES string of the molecule is Nc1ncnn2c(-c3cccc(C4(N5CCS(=O)(=O)CC5)COC4)c3)cc(-c3ccnn3C3CCOCC3)c12. The van der Waals surface area contributed by atoms with E-state index in [-0.39, 0.29) is 23.1 Å². The van der Waals surface area contributed by atoms with E-state index in [1.165, 1.54) is 6.33 Å². The van der Waals surface area contributed by atoms with Crippen molar-refractivity contribution in [3.05, 3.63) is 54.5 Å². The Labute approximate surface area is 226 Å². The van der Waals surface area contributed by atoms with Gasteiger partial charge in [-0.15, -0.1) is 0 Å². The first-order valence-corrected chi connectivity index (χ1v) is 15.2. The summed E-state index contributed by atoms with van der Waals surface area (Å²) in [6.45, 7) is 3.53. The van der Waals surface area contributed by atoms with Crippen molar-refractivity contribution < 1.29 is 17.9 Å². The highest BCUT2D eigenvalue weighted by atomic mass is 32.2. The lowest BCUT2D eigenvalue weighted by Crippen LogP contribution is -2.62. The average molecular weight is 550 g/mol. The molecule has 0 spiro atoms. The molecule has 2 N–H and O–H groups in total. The average Bonchev–Trinajstić information content (AvgIpc) is 3.56. The van der Waals surface area contributed by atoms with Crippen LogP contribution < -0.4 is 5.73 Å². The molecular formula is C27H31N7O4S. The second kappa shape index (κ2) is 9.40. The van der Waals surface area contributed by atoms with Gasteiger partial charge in [-0.2, -0.15) is 10.2 Å². The molecule has 0 saturated carbocycles. The molecule has 7 rings (SSSR count). The number of anilines is 1. The summed E-state index contributed by atoms with van der Waals surface area (Å²) in [5.74, 6) is 0.761. The van der Waals surface area contributed by atoms with Crippen LogP contribution in [0.3, 0.4) is 0 Å². The van der Waals surface area contributed by atoms with Crippen LogP contribution in [0.25, 0.3) is 28.0 Å². The second-order valence-electron chi connectivity index (χ2n) is 10.6. The highest BCUT2D eigenvalue weighted by Gasteiger charge is 2.47. The summed E-state index contributed by atoms with van der Waals surface area (Å²) in [6, 6.07) is 12.8. The van der Waals surface area contributed by atoms with Gasteiger partial charge in [-0.3, -0.25) is 9.58 Å². The van der Waals surface area contributed by atoms with Gasteiger partial charge in [-0.25, -0.2) is 17.9 Å². The number of aromatic nitrogens is 5. The molecule has 3 aromatic heterocycles. The predicted octanol–water partition coefficient (Wildman–Crippen LogP) is 2.15. The van der Waals surface area contributed by atoms with Gasteiger partial charge >= 0.3 is 0 Å². The van der Waals surface area contributed by atoms with Crippen molar-refractivity contribution in [2.45, 2.75) is 24.4 Å². The summed E-state index contributed by atoms with van der Waals surface area (Å²) in [4.78, 5) is 6.57. The van der Waals surface area contributed by atoms with Gasteiger partial charge in [0.05, 0.1) is 47.7 Å². The van der Waals surface area contributed by atoms with Crippen molar-refractivity contribution in [1.82, 2.24) is 29.3 Å². The fourth-order valence-corrected chi connectivity index (χ4v) is 7.35. The largest absolute Gasteiger partial charge is 0.382 e. The third kappa shape index (κ3) is 4.13. The van der Waals surface area contributed by atoms with Crippen LogP contribution in [0, 0.1) is 0 Å². The Morgan fingerprint density at radius 3 is 2.51 bits per heavy atom. The van der Waals surface area contributed by atoms with E-state index in [1.807, 2.05) is 22.8 Å². The van der Waals surface area contributed by atoms with Crippen molar-refractivity contribution in [1.29, 1.82) is 0 Å². The Bertz CT molecular complexity index is 1620. The van der Waals surface area contributed by atoms with Gasteiger partial charge in [0.1, 0.15) is 11.8 Å². The number of fused-ring (bicyclic) bond motifs is 1. The Hall–Kier alpha value is -3.32. The molecule has 3 aliphatic rings. The van der Waals surface area contributed by atoms with Gasteiger partial charge in [0.2, 0.25) is 0 Å². The molecule has 1 aromatic carbocycles. The molecule has 0 unspecified atom stereocenters. The van der Waals surface area contributed by atoms with Gasteiger partial charge in [0.15, 0.2) is 15.7 Å². The number of ether oxygens (including phenoxy) is 2. The van der Waals surface area contributed by atoms with Crippen LogP contribution in [-0.4, -0.2) is 88.7 Å². The van der Waals surface area contributed by atoms with Crippen LogP contribution in [0.1, 0.15) is 24.4 Å². The number of benzene rings is 1. The lowest BCUT2D eigenvalue weighted by atomic mass is 9.84. The first-order valence-electron chi connectivity index (χ1n) is 13.3. The fraction of sp³-hybridized carbons (Fsp3) is 0.444. The smallest absolute Gasteiger partial charge is 0.152 e. The van der Waals surface area contributed by atoms with Crippen molar-refractivity contribution in [2.24, 2.45) is 0 Å². The monoisotopic (exact) mass is 549 g/mol. The van der Waals surface area contributed by atoms with Gasteiger partial charge in [-0.1, -0.05) is 18.2 Å². The Kier molecular flexibility index (Phi) is 5.96. The van der Waals surface area contributed by atoms with Crippen LogP contribution in [-0.2, 0) is 24.8 Å². The van der Waals surface area contributed by atoms with E-state index in [9.17, 15) is 8.42 Å². The zero-order valence-electron chi connectivity index (χ0n) is 21.6. The molecule has 4 aromatic rings. The number of hydrogen-bond donors (Lipinski definition) is 1. The molecule has 3 saturated heterocycles. The molecule has 6 heterocycles. The summed E-state index contributed by atoms with van der Waals surface area (Å²) in [5, 5.41) is 9.27. The van der Waals surface area contributed by atoms with Crippen molar-refractivity contribution in [3.8, 4) is 22.5 Å². The number of hydrogen-bond acceptors (Lipinski definition) is 9. The van der Waals surface area contributed by atoms with Gasteiger partial charge in [0.25, 0.3) is 0 Å². The number of nitrogens with zero attached hydrogens (tertiary/aromatic N) is 6. The first kappa shape index (κ1) is 24.7. The quantitative estimate of drug-likeness (QED) is 0.398. The summed E-state index contributed by atoms with van der Waals surface area (Å²) in [6.07, 6.45) is 5.12. The minimum Gasteiger partial charge on any atom is -0.382 e. The fourth-order valence-electron chi connectivity index (χ4n) is 6.15. The molecular weight excluding hydrogens is 518 g/mol. The number of sulfone groups is 1. The third-order valence-corrected chi connectivity index (χ3v) is 10.0. The van der Waals surface area contributed by atoms with E-state index >= 15 is 0 Å². The minimum atomic E-state index is -2.98. The van der Waals surface area contributed by atoms with E-state index in [4.69, 9.17) is 15.2 Å².